The van der Waals surface area contributed by atoms with Gasteiger partial charge in [0.2, 0.25) is 0 Å². The van der Waals surface area contributed by atoms with Crippen molar-refractivity contribution in [1.82, 2.24) is 4.98 Å². The lowest BCUT2D eigenvalue weighted by atomic mass is 10.1. The number of nitrogens with one attached hydrogen (secondary N) is 1. The van der Waals surface area contributed by atoms with E-state index in [2.05, 4.69) is 15.2 Å². The minimum atomic E-state index is -0.433. The van der Waals surface area contributed by atoms with Crippen LogP contribution in [0, 0.1) is 13.8 Å². The summed E-state index contributed by atoms with van der Waals surface area (Å²) in [4.78, 5) is 32.0. The molecule has 0 radical (unpaired) electrons. The monoisotopic (exact) mass is 403 g/mol. The predicted molar refractivity (Wildman–Crippen MR) is 118 cm³/mol. The van der Waals surface area contributed by atoms with Gasteiger partial charge in [-0.15, -0.1) is 0 Å². The molecule has 0 aliphatic carbocycles. The van der Waals surface area contributed by atoms with Gasteiger partial charge in [0.15, 0.2) is 0 Å². The van der Waals surface area contributed by atoms with Gasteiger partial charge >= 0.3 is 5.97 Å². The quantitative estimate of drug-likeness (QED) is 0.650. The van der Waals surface area contributed by atoms with Crippen molar-refractivity contribution in [2.75, 3.05) is 30.4 Å². The van der Waals surface area contributed by atoms with Crippen molar-refractivity contribution in [3.05, 3.63) is 64.8 Å². The van der Waals surface area contributed by atoms with Gasteiger partial charge in [0.1, 0.15) is 0 Å². The molecule has 2 heterocycles. The summed E-state index contributed by atoms with van der Waals surface area (Å²) in [6.07, 6.45) is 2.22. The van der Waals surface area contributed by atoms with E-state index in [1.807, 2.05) is 44.2 Å². The molecule has 1 aromatic heterocycles. The maximum atomic E-state index is 13.2. The Morgan fingerprint density at radius 2 is 1.80 bits per heavy atom. The first-order valence-corrected chi connectivity index (χ1v) is 10.1. The Morgan fingerprint density at radius 1 is 1.03 bits per heavy atom. The Bertz CT molecular complexity index is 1130. The molecule has 0 saturated carbocycles. The van der Waals surface area contributed by atoms with E-state index in [1.165, 1.54) is 7.11 Å². The van der Waals surface area contributed by atoms with Crippen LogP contribution in [0.2, 0.25) is 0 Å². The van der Waals surface area contributed by atoms with Crippen LogP contribution in [0.4, 0.5) is 11.4 Å². The Kier molecular flexibility index (Phi) is 5.40. The summed E-state index contributed by atoms with van der Waals surface area (Å²) in [6, 6.07) is 13.2. The number of fused-ring (bicyclic) bond motifs is 1. The zero-order valence-electron chi connectivity index (χ0n) is 17.5. The summed E-state index contributed by atoms with van der Waals surface area (Å²) in [7, 11) is 1.35. The van der Waals surface area contributed by atoms with E-state index in [-0.39, 0.29) is 5.91 Å². The van der Waals surface area contributed by atoms with Gasteiger partial charge in [-0.2, -0.15) is 0 Å². The molecule has 0 atom stereocenters. The molecule has 6 nitrogen and oxygen atoms in total. The van der Waals surface area contributed by atoms with Crippen LogP contribution in [0.1, 0.15) is 44.8 Å². The van der Waals surface area contributed by atoms with Crippen LogP contribution >= 0.6 is 0 Å². The van der Waals surface area contributed by atoms with Crippen molar-refractivity contribution in [1.29, 1.82) is 0 Å². The second-order valence-corrected chi connectivity index (χ2v) is 7.69. The van der Waals surface area contributed by atoms with Gasteiger partial charge in [-0.25, -0.2) is 4.79 Å². The highest BCUT2D eigenvalue weighted by Gasteiger charge is 2.20. The van der Waals surface area contributed by atoms with Crippen LogP contribution < -0.4 is 10.2 Å². The number of benzene rings is 2. The van der Waals surface area contributed by atoms with Crippen molar-refractivity contribution >= 4 is 34.2 Å². The number of aryl methyl sites for hydroxylation is 2. The normalized spacial score (nSPS) is 13.5. The van der Waals surface area contributed by atoms with E-state index < -0.39 is 5.97 Å². The van der Waals surface area contributed by atoms with E-state index in [0.29, 0.717) is 22.5 Å². The first kappa shape index (κ1) is 19.9. The minimum Gasteiger partial charge on any atom is -0.465 e. The molecule has 2 aromatic carbocycles. The number of pyridine rings is 1. The third-order valence-electron chi connectivity index (χ3n) is 5.52. The number of methoxy groups -OCH3 is 1. The summed E-state index contributed by atoms with van der Waals surface area (Å²) in [6.45, 7) is 5.70. The number of hydrogen-bond donors (Lipinski definition) is 1. The molecule has 1 aliphatic rings. The maximum Gasteiger partial charge on any atom is 0.337 e. The molecule has 1 aliphatic heterocycles. The van der Waals surface area contributed by atoms with Crippen LogP contribution in [-0.4, -0.2) is 37.1 Å². The van der Waals surface area contributed by atoms with Crippen LogP contribution in [0.15, 0.2) is 42.5 Å². The Labute approximate surface area is 175 Å². The van der Waals surface area contributed by atoms with E-state index in [9.17, 15) is 9.59 Å². The topological polar surface area (TPSA) is 71.5 Å². The van der Waals surface area contributed by atoms with Gasteiger partial charge in [-0.1, -0.05) is 11.6 Å². The van der Waals surface area contributed by atoms with E-state index in [4.69, 9.17) is 4.74 Å². The molecule has 30 heavy (non-hydrogen) atoms. The Balaban J connectivity index is 1.72. The summed E-state index contributed by atoms with van der Waals surface area (Å²) in [5.74, 6) is -0.677. The summed E-state index contributed by atoms with van der Waals surface area (Å²) >= 11 is 0. The van der Waals surface area contributed by atoms with Gasteiger partial charge in [0.25, 0.3) is 5.91 Å². The Hall–Kier alpha value is -3.41. The largest absolute Gasteiger partial charge is 0.465 e. The molecule has 3 aromatic rings. The number of anilines is 2. The van der Waals surface area contributed by atoms with E-state index in [0.717, 1.165) is 48.1 Å². The fourth-order valence-electron chi connectivity index (χ4n) is 3.93. The minimum absolute atomic E-state index is 0.245. The van der Waals surface area contributed by atoms with Crippen molar-refractivity contribution in [2.45, 2.75) is 26.7 Å². The van der Waals surface area contributed by atoms with E-state index in [1.54, 1.807) is 12.1 Å². The lowest BCUT2D eigenvalue weighted by Crippen LogP contribution is -2.22. The highest BCUT2D eigenvalue weighted by atomic mass is 16.5. The summed E-state index contributed by atoms with van der Waals surface area (Å²) < 4.78 is 4.85. The molecular formula is C24H25N3O3. The number of rotatable bonds is 4. The Morgan fingerprint density at radius 3 is 2.53 bits per heavy atom. The number of hydrogen-bond acceptors (Lipinski definition) is 5. The average molecular weight is 403 g/mol. The number of carbonyl (C=O) groups excluding carboxylic acids is 2. The molecule has 1 fully saturated rings. The number of esters is 1. The summed E-state index contributed by atoms with van der Waals surface area (Å²) in [5.41, 5.74) is 5.07. The van der Waals surface area contributed by atoms with Crippen LogP contribution in [0.5, 0.6) is 0 Å². The molecule has 4 rings (SSSR count). The van der Waals surface area contributed by atoms with Crippen molar-refractivity contribution in [2.24, 2.45) is 0 Å². The van der Waals surface area contributed by atoms with Gasteiger partial charge in [-0.3, -0.25) is 9.78 Å². The average Bonchev–Trinajstić information content (AvgIpc) is 3.27. The second kappa shape index (κ2) is 8.14. The third kappa shape index (κ3) is 3.85. The highest BCUT2D eigenvalue weighted by Crippen LogP contribution is 2.31. The van der Waals surface area contributed by atoms with E-state index >= 15 is 0 Å². The smallest absolute Gasteiger partial charge is 0.337 e. The molecule has 154 valence electrons. The zero-order chi connectivity index (χ0) is 21.3. The van der Waals surface area contributed by atoms with Crippen molar-refractivity contribution < 1.29 is 14.3 Å². The van der Waals surface area contributed by atoms with Gasteiger partial charge < -0.3 is 15.0 Å². The number of nitrogens with zero attached hydrogens (tertiary/aromatic N) is 2. The van der Waals surface area contributed by atoms with Gasteiger partial charge in [0.05, 0.1) is 40.8 Å². The lowest BCUT2D eigenvalue weighted by Gasteiger charge is -2.22. The third-order valence-corrected chi connectivity index (χ3v) is 5.52. The second-order valence-electron chi connectivity index (χ2n) is 7.69. The van der Waals surface area contributed by atoms with Gasteiger partial charge in [-0.05, 0) is 63.1 Å². The number of carbonyl (C=O) groups is 2. The van der Waals surface area contributed by atoms with Crippen LogP contribution in [0.25, 0.3) is 10.9 Å². The van der Waals surface area contributed by atoms with Crippen LogP contribution in [0.3, 0.4) is 0 Å². The number of aromatic nitrogens is 1. The number of amides is 1. The fraction of sp³-hybridized carbons (Fsp3) is 0.292. The first-order valence-electron chi connectivity index (χ1n) is 10.1. The fourth-order valence-corrected chi connectivity index (χ4v) is 3.93. The molecule has 0 spiro atoms. The van der Waals surface area contributed by atoms with Crippen molar-refractivity contribution in [3.63, 3.8) is 0 Å². The molecule has 6 heteroatoms. The molecule has 0 unspecified atom stereocenters. The SMILES string of the molecule is COC(=O)c1ccc(N2CCCC2)c(NC(=O)c2cc3cc(C)ccc3nc2C)c1. The first-order chi connectivity index (χ1) is 14.5. The highest BCUT2D eigenvalue weighted by molar-refractivity contribution is 6.09. The molecule has 0 bridgehead atoms. The van der Waals surface area contributed by atoms with Gasteiger partial charge in [0, 0.05) is 18.5 Å². The standard InChI is InChI=1S/C24H25N3O3/c1-15-6-8-20-18(12-15)13-19(16(2)25-20)23(28)26-21-14-17(24(29)30-3)7-9-22(21)27-10-4-5-11-27/h6-9,12-14H,4-5,10-11H2,1-3H3,(H,26,28). The maximum absolute atomic E-state index is 13.2. The number of ether oxygens (including phenoxy) is 1. The zero-order valence-corrected chi connectivity index (χ0v) is 17.5. The predicted octanol–water partition coefficient (Wildman–Crippen LogP) is 4.49. The summed E-state index contributed by atoms with van der Waals surface area (Å²) in [5, 5.41) is 3.94. The van der Waals surface area contributed by atoms with Crippen molar-refractivity contribution in [3.8, 4) is 0 Å². The molecule has 1 N–H and O–H groups in total. The molecular weight excluding hydrogens is 378 g/mol. The molecule has 1 amide bonds. The lowest BCUT2D eigenvalue weighted by molar-refractivity contribution is 0.0600. The van der Waals surface area contributed by atoms with Crippen LogP contribution in [-0.2, 0) is 4.74 Å². The molecule has 1 saturated heterocycles.